The van der Waals surface area contributed by atoms with Crippen molar-refractivity contribution in [3.05, 3.63) is 23.7 Å². The zero-order valence-electron chi connectivity index (χ0n) is 9.90. The average molecular weight is 235 g/mol. The van der Waals surface area contributed by atoms with Crippen LogP contribution in [0.2, 0.25) is 0 Å². The molecule has 0 aliphatic rings. The van der Waals surface area contributed by atoms with Crippen LogP contribution < -0.4 is 5.32 Å². The lowest BCUT2D eigenvalue weighted by Gasteiger charge is -2.19. The van der Waals surface area contributed by atoms with Crippen molar-refractivity contribution >= 4 is 27.2 Å². The molecule has 0 aromatic carbocycles. The summed E-state index contributed by atoms with van der Waals surface area (Å²) in [6, 6.07) is 4.58. The molecule has 1 unspecified atom stereocenters. The second-order valence-electron chi connectivity index (χ2n) is 4.30. The van der Waals surface area contributed by atoms with Gasteiger partial charge in [0.2, 0.25) is 0 Å². The molecule has 86 valence electrons. The molecule has 1 N–H and O–H groups in total. The summed E-state index contributed by atoms with van der Waals surface area (Å²) in [5.41, 5.74) is 0. The lowest BCUT2D eigenvalue weighted by atomic mass is 10.2. The smallest absolute Gasteiger partial charge is 0.134 e. The Morgan fingerprint density at radius 2 is 2.25 bits per heavy atom. The van der Waals surface area contributed by atoms with Crippen molar-refractivity contribution in [2.45, 2.75) is 13.0 Å². The van der Waals surface area contributed by atoms with Gasteiger partial charge in [-0.2, -0.15) is 0 Å². The summed E-state index contributed by atoms with van der Waals surface area (Å²) in [6.07, 6.45) is 1.86. The first-order chi connectivity index (χ1) is 7.66. The van der Waals surface area contributed by atoms with E-state index in [0.29, 0.717) is 6.04 Å². The molecule has 3 nitrogen and oxygen atoms in total. The maximum atomic E-state index is 4.40. The van der Waals surface area contributed by atoms with Gasteiger partial charge >= 0.3 is 0 Å². The van der Waals surface area contributed by atoms with Gasteiger partial charge in [-0.05, 0) is 38.5 Å². The molecule has 0 fully saturated rings. The Balaban J connectivity index is 2.17. The Hall–Kier alpha value is -1.13. The summed E-state index contributed by atoms with van der Waals surface area (Å²) in [7, 11) is 4.16. The van der Waals surface area contributed by atoms with Crippen molar-refractivity contribution in [2.75, 3.05) is 26.0 Å². The molecule has 0 radical (unpaired) electrons. The molecular weight excluding hydrogens is 218 g/mol. The highest BCUT2D eigenvalue weighted by Crippen LogP contribution is 2.26. The summed E-state index contributed by atoms with van der Waals surface area (Å²) in [5.74, 6) is 0.994. The summed E-state index contributed by atoms with van der Waals surface area (Å²) >= 11 is 1.75. The van der Waals surface area contributed by atoms with Crippen LogP contribution in [0.3, 0.4) is 0 Å². The maximum absolute atomic E-state index is 4.40. The SMILES string of the molecule is CC(CN(C)C)Nc1nccc2sccc12. The first kappa shape index (κ1) is 11.4. The van der Waals surface area contributed by atoms with Crippen LogP contribution in [-0.4, -0.2) is 36.6 Å². The molecule has 1 atom stereocenters. The fourth-order valence-electron chi connectivity index (χ4n) is 1.84. The largest absolute Gasteiger partial charge is 0.366 e. The van der Waals surface area contributed by atoms with E-state index >= 15 is 0 Å². The molecule has 0 bridgehead atoms. The molecule has 2 aromatic rings. The molecule has 2 aromatic heterocycles. The van der Waals surface area contributed by atoms with E-state index in [-0.39, 0.29) is 0 Å². The predicted molar refractivity (Wildman–Crippen MR) is 71.3 cm³/mol. The number of hydrogen-bond donors (Lipinski definition) is 1. The Labute approximate surface area is 100 Å². The van der Waals surface area contributed by atoms with E-state index in [1.165, 1.54) is 10.1 Å². The minimum absolute atomic E-state index is 0.396. The monoisotopic (exact) mass is 235 g/mol. The topological polar surface area (TPSA) is 28.2 Å². The van der Waals surface area contributed by atoms with E-state index in [1.54, 1.807) is 11.3 Å². The standard InChI is InChI=1S/C12H17N3S/c1-9(8-15(2)3)14-12-10-5-7-16-11(10)4-6-13-12/h4-7,9H,8H2,1-3H3,(H,13,14). The number of rotatable bonds is 4. The Morgan fingerprint density at radius 1 is 1.44 bits per heavy atom. The van der Waals surface area contributed by atoms with E-state index < -0.39 is 0 Å². The van der Waals surface area contributed by atoms with Gasteiger partial charge in [-0.25, -0.2) is 4.98 Å². The number of likely N-dealkylation sites (N-methyl/N-ethyl adjacent to an activating group) is 1. The summed E-state index contributed by atoms with van der Waals surface area (Å²) in [6.45, 7) is 3.18. The lowest BCUT2D eigenvalue weighted by Crippen LogP contribution is -2.29. The van der Waals surface area contributed by atoms with Gasteiger partial charge in [0.05, 0.1) is 0 Å². The summed E-state index contributed by atoms with van der Waals surface area (Å²) in [5, 5.41) is 6.78. The van der Waals surface area contributed by atoms with Crippen molar-refractivity contribution in [1.29, 1.82) is 0 Å². The molecule has 0 saturated heterocycles. The highest BCUT2D eigenvalue weighted by atomic mass is 32.1. The van der Waals surface area contributed by atoms with Gasteiger partial charge < -0.3 is 10.2 Å². The fraction of sp³-hybridized carbons (Fsp3) is 0.417. The minimum atomic E-state index is 0.396. The minimum Gasteiger partial charge on any atom is -0.366 e. The molecule has 0 spiro atoms. The molecule has 0 aliphatic heterocycles. The zero-order valence-corrected chi connectivity index (χ0v) is 10.7. The van der Waals surface area contributed by atoms with Crippen molar-refractivity contribution < 1.29 is 0 Å². The number of aromatic nitrogens is 1. The van der Waals surface area contributed by atoms with E-state index in [2.05, 4.69) is 53.7 Å². The van der Waals surface area contributed by atoms with Gasteiger partial charge in [-0.3, -0.25) is 0 Å². The number of thiophene rings is 1. The Bertz CT molecular complexity index is 464. The summed E-state index contributed by atoms with van der Waals surface area (Å²) in [4.78, 5) is 6.58. The highest BCUT2D eigenvalue weighted by Gasteiger charge is 2.07. The third-order valence-electron chi connectivity index (χ3n) is 2.40. The zero-order chi connectivity index (χ0) is 11.5. The molecule has 0 aliphatic carbocycles. The second-order valence-corrected chi connectivity index (χ2v) is 5.25. The van der Waals surface area contributed by atoms with Crippen LogP contribution in [-0.2, 0) is 0 Å². The normalized spacial score (nSPS) is 13.2. The van der Waals surface area contributed by atoms with Crippen molar-refractivity contribution in [2.24, 2.45) is 0 Å². The van der Waals surface area contributed by atoms with Gasteiger partial charge in [-0.15, -0.1) is 11.3 Å². The first-order valence-corrected chi connectivity index (χ1v) is 6.28. The Kier molecular flexibility index (Phi) is 3.41. The third kappa shape index (κ3) is 2.51. The van der Waals surface area contributed by atoms with Gasteiger partial charge in [0, 0.05) is 28.9 Å². The highest BCUT2D eigenvalue weighted by molar-refractivity contribution is 7.17. The van der Waals surface area contributed by atoms with Crippen LogP contribution in [0.1, 0.15) is 6.92 Å². The molecule has 2 rings (SSSR count). The second kappa shape index (κ2) is 4.80. The average Bonchev–Trinajstić information content (AvgIpc) is 2.65. The fourth-order valence-corrected chi connectivity index (χ4v) is 2.62. The van der Waals surface area contributed by atoms with Gasteiger partial charge in [0.15, 0.2) is 0 Å². The van der Waals surface area contributed by atoms with Crippen molar-refractivity contribution in [1.82, 2.24) is 9.88 Å². The van der Waals surface area contributed by atoms with Crippen molar-refractivity contribution in [3.8, 4) is 0 Å². The number of hydrogen-bond acceptors (Lipinski definition) is 4. The van der Waals surface area contributed by atoms with Crippen LogP contribution in [0.4, 0.5) is 5.82 Å². The van der Waals surface area contributed by atoms with Gasteiger partial charge in [0.1, 0.15) is 5.82 Å². The molecule has 16 heavy (non-hydrogen) atoms. The van der Waals surface area contributed by atoms with E-state index in [4.69, 9.17) is 0 Å². The molecule has 4 heteroatoms. The van der Waals surface area contributed by atoms with Crippen LogP contribution >= 0.6 is 11.3 Å². The number of anilines is 1. The number of nitrogens with zero attached hydrogens (tertiary/aromatic N) is 2. The van der Waals surface area contributed by atoms with Gasteiger partial charge in [0.25, 0.3) is 0 Å². The number of fused-ring (bicyclic) bond motifs is 1. The van der Waals surface area contributed by atoms with E-state index in [1.807, 2.05) is 6.20 Å². The third-order valence-corrected chi connectivity index (χ3v) is 3.28. The molecular formula is C12H17N3S. The molecule has 0 saturated carbocycles. The van der Waals surface area contributed by atoms with Crippen LogP contribution in [0, 0.1) is 0 Å². The first-order valence-electron chi connectivity index (χ1n) is 5.40. The number of pyridine rings is 1. The van der Waals surface area contributed by atoms with E-state index in [9.17, 15) is 0 Å². The van der Waals surface area contributed by atoms with Crippen LogP contribution in [0.15, 0.2) is 23.7 Å². The van der Waals surface area contributed by atoms with Gasteiger partial charge in [-0.1, -0.05) is 0 Å². The molecule has 2 heterocycles. The van der Waals surface area contributed by atoms with Crippen LogP contribution in [0.5, 0.6) is 0 Å². The van der Waals surface area contributed by atoms with E-state index in [0.717, 1.165) is 12.4 Å². The predicted octanol–water partition coefficient (Wildman–Crippen LogP) is 2.66. The lowest BCUT2D eigenvalue weighted by molar-refractivity contribution is 0.392. The molecule has 0 amide bonds. The van der Waals surface area contributed by atoms with Crippen molar-refractivity contribution in [3.63, 3.8) is 0 Å². The number of nitrogens with one attached hydrogen (secondary N) is 1. The Morgan fingerprint density at radius 3 is 3.00 bits per heavy atom. The quantitative estimate of drug-likeness (QED) is 0.883. The summed E-state index contributed by atoms with van der Waals surface area (Å²) < 4.78 is 1.29. The van der Waals surface area contributed by atoms with Crippen LogP contribution in [0.25, 0.3) is 10.1 Å². The maximum Gasteiger partial charge on any atom is 0.134 e.